The fourth-order valence-electron chi connectivity index (χ4n) is 1.35. The van der Waals surface area contributed by atoms with Crippen molar-refractivity contribution in [3.05, 3.63) is 39.9 Å². The molecule has 0 fully saturated rings. The lowest BCUT2D eigenvalue weighted by molar-refractivity contribution is -0.390. The quantitative estimate of drug-likeness (QED) is 0.507. The number of nitro groups is 1. The molecular weight excluding hydrogens is 182 g/mol. The lowest BCUT2D eigenvalue weighted by Crippen LogP contribution is -1.98. The molecule has 0 saturated heterocycles. The molecule has 1 heterocycles. The Labute approximate surface area is 79.5 Å². The summed E-state index contributed by atoms with van der Waals surface area (Å²) in [5.74, 6) is -0.177. The number of rotatable bonds is 1. The number of benzene rings is 1. The maximum atomic E-state index is 10.6. The highest BCUT2D eigenvalue weighted by Gasteiger charge is 2.15. The predicted molar refractivity (Wildman–Crippen MR) is 50.9 cm³/mol. The van der Waals surface area contributed by atoms with E-state index in [-0.39, 0.29) is 5.82 Å². The summed E-state index contributed by atoms with van der Waals surface area (Å²) in [5, 5.41) is 18.7. The third-order valence-electron chi connectivity index (χ3n) is 2.07. The van der Waals surface area contributed by atoms with E-state index in [0.717, 1.165) is 5.39 Å². The van der Waals surface area contributed by atoms with Crippen LogP contribution in [-0.4, -0.2) is 15.1 Å². The Morgan fingerprint density at radius 3 is 2.71 bits per heavy atom. The molecule has 0 unspecified atom stereocenters. The van der Waals surface area contributed by atoms with Crippen LogP contribution in [0.2, 0.25) is 0 Å². The molecule has 0 aliphatic heterocycles. The van der Waals surface area contributed by atoms with Crippen LogP contribution in [0.15, 0.2) is 24.3 Å². The van der Waals surface area contributed by atoms with Gasteiger partial charge in [-0.1, -0.05) is 18.2 Å². The van der Waals surface area contributed by atoms with Crippen LogP contribution >= 0.6 is 0 Å². The van der Waals surface area contributed by atoms with E-state index in [1.165, 1.54) is 0 Å². The Kier molecular flexibility index (Phi) is 1.85. The zero-order valence-corrected chi connectivity index (χ0v) is 7.47. The summed E-state index contributed by atoms with van der Waals surface area (Å²) >= 11 is 0. The van der Waals surface area contributed by atoms with Gasteiger partial charge < -0.3 is 10.1 Å². The smallest absolute Gasteiger partial charge is 0.358 e. The van der Waals surface area contributed by atoms with Crippen LogP contribution in [0.1, 0.15) is 5.56 Å². The standard InChI is InChI=1S/C9H7N3O2/c1-6-7-4-2-3-5-8(7)10-11-9(6)12(13)14/h2-5H,1H3. The average molecular weight is 189 g/mol. The highest BCUT2D eigenvalue weighted by Crippen LogP contribution is 2.21. The molecule has 0 saturated carbocycles. The van der Waals surface area contributed by atoms with Crippen LogP contribution < -0.4 is 0 Å². The molecule has 1 aromatic heterocycles. The maximum Gasteiger partial charge on any atom is 0.394 e. The number of nitrogens with zero attached hydrogens (tertiary/aromatic N) is 3. The van der Waals surface area contributed by atoms with Gasteiger partial charge in [-0.3, -0.25) is 0 Å². The van der Waals surface area contributed by atoms with Crippen LogP contribution in [0.3, 0.4) is 0 Å². The third kappa shape index (κ3) is 1.19. The largest absolute Gasteiger partial charge is 0.394 e. The van der Waals surface area contributed by atoms with Gasteiger partial charge in [0.1, 0.15) is 5.52 Å². The van der Waals surface area contributed by atoms with Gasteiger partial charge in [0, 0.05) is 5.39 Å². The first-order valence-corrected chi connectivity index (χ1v) is 4.06. The number of aromatic nitrogens is 2. The Morgan fingerprint density at radius 1 is 1.29 bits per heavy atom. The summed E-state index contributed by atoms with van der Waals surface area (Å²) in [6.07, 6.45) is 0. The van der Waals surface area contributed by atoms with Gasteiger partial charge in [0.15, 0.2) is 0 Å². The molecule has 2 aromatic rings. The van der Waals surface area contributed by atoms with E-state index in [4.69, 9.17) is 0 Å². The monoisotopic (exact) mass is 189 g/mol. The lowest BCUT2D eigenvalue weighted by Gasteiger charge is -1.98. The second-order valence-electron chi connectivity index (χ2n) is 2.92. The van der Waals surface area contributed by atoms with Crippen molar-refractivity contribution in [2.75, 3.05) is 0 Å². The van der Waals surface area contributed by atoms with Gasteiger partial charge >= 0.3 is 5.82 Å². The van der Waals surface area contributed by atoms with E-state index in [1.807, 2.05) is 12.1 Å². The van der Waals surface area contributed by atoms with E-state index in [2.05, 4.69) is 10.2 Å². The summed E-state index contributed by atoms with van der Waals surface area (Å²) in [6, 6.07) is 7.22. The lowest BCUT2D eigenvalue weighted by atomic mass is 10.1. The number of hydrogen-bond donors (Lipinski definition) is 0. The Hall–Kier alpha value is -2.04. The molecule has 0 radical (unpaired) electrons. The molecule has 0 spiro atoms. The van der Waals surface area contributed by atoms with Gasteiger partial charge in [-0.15, -0.1) is 0 Å². The van der Waals surface area contributed by atoms with E-state index in [1.54, 1.807) is 19.1 Å². The van der Waals surface area contributed by atoms with Crippen molar-refractivity contribution in [1.82, 2.24) is 10.2 Å². The molecule has 0 amide bonds. The van der Waals surface area contributed by atoms with Gasteiger partial charge in [-0.25, -0.2) is 0 Å². The fourth-order valence-corrected chi connectivity index (χ4v) is 1.35. The van der Waals surface area contributed by atoms with E-state index >= 15 is 0 Å². The van der Waals surface area contributed by atoms with Gasteiger partial charge in [-0.05, 0) is 23.0 Å². The van der Waals surface area contributed by atoms with E-state index < -0.39 is 4.92 Å². The van der Waals surface area contributed by atoms with Crippen molar-refractivity contribution in [1.29, 1.82) is 0 Å². The maximum absolute atomic E-state index is 10.6. The Morgan fingerprint density at radius 2 is 2.00 bits per heavy atom. The predicted octanol–water partition coefficient (Wildman–Crippen LogP) is 1.85. The van der Waals surface area contributed by atoms with Crippen LogP contribution in [0.5, 0.6) is 0 Å². The molecule has 5 nitrogen and oxygen atoms in total. The zero-order valence-electron chi connectivity index (χ0n) is 7.47. The van der Waals surface area contributed by atoms with Crippen molar-refractivity contribution >= 4 is 16.7 Å². The molecule has 0 aliphatic rings. The normalized spacial score (nSPS) is 10.4. The van der Waals surface area contributed by atoms with Crippen molar-refractivity contribution in [2.24, 2.45) is 0 Å². The molecule has 70 valence electrons. The molecule has 0 aliphatic carbocycles. The molecule has 14 heavy (non-hydrogen) atoms. The van der Waals surface area contributed by atoms with Crippen LogP contribution in [0.4, 0.5) is 5.82 Å². The van der Waals surface area contributed by atoms with E-state index in [9.17, 15) is 10.1 Å². The van der Waals surface area contributed by atoms with Crippen molar-refractivity contribution in [3.8, 4) is 0 Å². The molecule has 5 heteroatoms. The third-order valence-corrected chi connectivity index (χ3v) is 2.07. The summed E-state index contributed by atoms with van der Waals surface area (Å²) in [5.41, 5.74) is 1.23. The summed E-state index contributed by atoms with van der Waals surface area (Å²) in [7, 11) is 0. The van der Waals surface area contributed by atoms with Crippen LogP contribution in [0.25, 0.3) is 10.9 Å². The average Bonchev–Trinajstić information content (AvgIpc) is 2.18. The molecule has 0 atom stereocenters. The molecular formula is C9H7N3O2. The first-order valence-electron chi connectivity index (χ1n) is 4.06. The van der Waals surface area contributed by atoms with Gasteiger partial charge in [0.05, 0.1) is 10.7 Å². The summed E-state index contributed by atoms with van der Waals surface area (Å²) in [4.78, 5) is 10.0. The van der Waals surface area contributed by atoms with Crippen molar-refractivity contribution in [2.45, 2.75) is 6.92 Å². The first-order chi connectivity index (χ1) is 6.70. The number of fused-ring (bicyclic) bond motifs is 1. The Balaban J connectivity index is 2.81. The molecule has 0 bridgehead atoms. The second kappa shape index (κ2) is 3.02. The second-order valence-corrected chi connectivity index (χ2v) is 2.92. The minimum absolute atomic E-state index is 0.177. The minimum Gasteiger partial charge on any atom is -0.358 e. The topological polar surface area (TPSA) is 68.9 Å². The van der Waals surface area contributed by atoms with Crippen molar-refractivity contribution in [3.63, 3.8) is 0 Å². The summed E-state index contributed by atoms with van der Waals surface area (Å²) in [6.45, 7) is 1.68. The highest BCUT2D eigenvalue weighted by atomic mass is 16.6. The summed E-state index contributed by atoms with van der Waals surface area (Å²) < 4.78 is 0. The van der Waals surface area contributed by atoms with Crippen LogP contribution in [0, 0.1) is 17.0 Å². The van der Waals surface area contributed by atoms with Gasteiger partial charge in [0.2, 0.25) is 0 Å². The van der Waals surface area contributed by atoms with Gasteiger partial charge in [0.25, 0.3) is 0 Å². The minimum atomic E-state index is -0.519. The van der Waals surface area contributed by atoms with Crippen LogP contribution in [-0.2, 0) is 0 Å². The number of aryl methyl sites for hydroxylation is 1. The number of hydrogen-bond acceptors (Lipinski definition) is 4. The highest BCUT2D eigenvalue weighted by molar-refractivity contribution is 5.83. The van der Waals surface area contributed by atoms with Gasteiger partial charge in [-0.2, -0.15) is 0 Å². The SMILES string of the molecule is Cc1c([N+](=O)[O-])nnc2ccccc12. The first kappa shape index (κ1) is 8.55. The molecule has 2 rings (SSSR count). The molecule has 1 aromatic carbocycles. The fraction of sp³-hybridized carbons (Fsp3) is 0.111. The van der Waals surface area contributed by atoms with E-state index in [0.29, 0.717) is 11.1 Å². The Bertz CT molecular complexity index is 510. The van der Waals surface area contributed by atoms with Crippen molar-refractivity contribution < 1.29 is 4.92 Å². The zero-order chi connectivity index (χ0) is 10.1. The molecule has 0 N–H and O–H groups in total.